The average molecular weight is 453 g/mol. The fourth-order valence-electron chi connectivity index (χ4n) is 3.28. The highest BCUT2D eigenvalue weighted by atomic mass is 35.5. The molecule has 1 aliphatic heterocycles. The summed E-state index contributed by atoms with van der Waals surface area (Å²) in [7, 11) is -3.60. The van der Waals surface area contributed by atoms with E-state index in [0.717, 1.165) is 18.5 Å². The standard InChI is InChI=1S/C18H28N4O3S.2ClH/c1-14-3-2-4-16(11-14)21-7-9-22(10-8-21)26(24,25)13-18(23)20-12-17(19)15-5-6-15;;/h2-4,11,15,17H,5-10,12-13,19H2,1H3,(H,20,23);2*1H. The van der Waals surface area contributed by atoms with Crippen LogP contribution < -0.4 is 16.0 Å². The molecule has 7 nitrogen and oxygen atoms in total. The summed E-state index contributed by atoms with van der Waals surface area (Å²) in [4.78, 5) is 14.2. The third-order valence-electron chi connectivity index (χ3n) is 5.07. The molecular weight excluding hydrogens is 423 g/mol. The number of anilines is 1. The van der Waals surface area contributed by atoms with Gasteiger partial charge in [0.2, 0.25) is 15.9 Å². The summed E-state index contributed by atoms with van der Waals surface area (Å²) in [6.45, 7) is 4.42. The van der Waals surface area contributed by atoms with Crippen LogP contribution in [-0.4, -0.2) is 63.1 Å². The van der Waals surface area contributed by atoms with Crippen LogP contribution in [0.5, 0.6) is 0 Å². The van der Waals surface area contributed by atoms with Gasteiger partial charge >= 0.3 is 0 Å². The maximum atomic E-state index is 12.5. The van der Waals surface area contributed by atoms with Crippen LogP contribution in [0.4, 0.5) is 5.69 Å². The lowest BCUT2D eigenvalue weighted by Crippen LogP contribution is -2.51. The molecule has 1 amide bonds. The van der Waals surface area contributed by atoms with Gasteiger partial charge in [-0.3, -0.25) is 4.79 Å². The molecule has 160 valence electrons. The first kappa shape index (κ1) is 25.0. The highest BCUT2D eigenvalue weighted by Crippen LogP contribution is 2.31. The van der Waals surface area contributed by atoms with E-state index in [-0.39, 0.29) is 30.9 Å². The molecule has 3 N–H and O–H groups in total. The Bertz CT molecular complexity index is 751. The van der Waals surface area contributed by atoms with Crippen LogP contribution >= 0.6 is 24.8 Å². The van der Waals surface area contributed by atoms with Crippen LogP contribution in [0.3, 0.4) is 0 Å². The summed E-state index contributed by atoms with van der Waals surface area (Å²) < 4.78 is 26.4. The van der Waals surface area contributed by atoms with Crippen molar-refractivity contribution in [2.24, 2.45) is 11.7 Å². The van der Waals surface area contributed by atoms with E-state index in [2.05, 4.69) is 16.3 Å². The third-order valence-corrected chi connectivity index (χ3v) is 6.85. The quantitative estimate of drug-likeness (QED) is 0.646. The van der Waals surface area contributed by atoms with Crippen molar-refractivity contribution < 1.29 is 13.2 Å². The summed E-state index contributed by atoms with van der Waals surface area (Å²) in [5, 5.41) is 2.66. The molecule has 1 atom stereocenters. The summed E-state index contributed by atoms with van der Waals surface area (Å²) in [6, 6.07) is 8.11. The molecule has 0 radical (unpaired) electrons. The molecule has 10 heteroatoms. The van der Waals surface area contributed by atoms with Gasteiger partial charge in [0.25, 0.3) is 0 Å². The number of benzene rings is 1. The van der Waals surface area contributed by atoms with Gasteiger partial charge in [0, 0.05) is 44.5 Å². The van der Waals surface area contributed by atoms with Crippen molar-refractivity contribution in [2.75, 3.05) is 43.4 Å². The Morgan fingerprint density at radius 2 is 1.86 bits per heavy atom. The normalized spacial score (nSPS) is 18.6. The molecule has 0 spiro atoms. The third kappa shape index (κ3) is 6.77. The van der Waals surface area contributed by atoms with Crippen molar-refractivity contribution in [2.45, 2.75) is 25.8 Å². The number of halogens is 2. The van der Waals surface area contributed by atoms with Gasteiger partial charge in [0.15, 0.2) is 0 Å². The predicted octanol–water partition coefficient (Wildman–Crippen LogP) is 1.14. The molecule has 3 rings (SSSR count). The number of nitrogens with two attached hydrogens (primary N) is 1. The van der Waals surface area contributed by atoms with Gasteiger partial charge in [-0.15, -0.1) is 24.8 Å². The van der Waals surface area contributed by atoms with E-state index in [1.807, 2.05) is 25.1 Å². The Morgan fingerprint density at radius 1 is 1.21 bits per heavy atom. The Hall–Kier alpha value is -1.06. The molecule has 0 bridgehead atoms. The molecule has 2 aliphatic rings. The Balaban J connectivity index is 0.00000196. The highest BCUT2D eigenvalue weighted by molar-refractivity contribution is 7.89. The minimum atomic E-state index is -3.60. The zero-order chi connectivity index (χ0) is 18.7. The highest BCUT2D eigenvalue weighted by Gasteiger charge is 2.31. The number of rotatable bonds is 7. The van der Waals surface area contributed by atoms with Crippen LogP contribution in [-0.2, 0) is 14.8 Å². The molecular formula is C18H30Cl2N4O3S. The number of nitrogens with one attached hydrogen (secondary N) is 1. The van der Waals surface area contributed by atoms with Crippen LogP contribution in [0.25, 0.3) is 0 Å². The minimum absolute atomic E-state index is 0. The largest absolute Gasteiger partial charge is 0.369 e. The SMILES string of the molecule is Cc1cccc(N2CCN(S(=O)(=O)CC(=O)NCC(N)C3CC3)CC2)c1.Cl.Cl. The van der Waals surface area contributed by atoms with E-state index in [9.17, 15) is 13.2 Å². The van der Waals surface area contributed by atoms with E-state index in [1.165, 1.54) is 9.87 Å². The number of hydrogen-bond donors (Lipinski definition) is 2. The van der Waals surface area contributed by atoms with Crippen LogP contribution in [0, 0.1) is 12.8 Å². The second-order valence-electron chi connectivity index (χ2n) is 7.29. The van der Waals surface area contributed by atoms with E-state index in [4.69, 9.17) is 5.73 Å². The van der Waals surface area contributed by atoms with Crippen molar-refractivity contribution in [3.05, 3.63) is 29.8 Å². The first-order valence-electron chi connectivity index (χ1n) is 9.17. The number of nitrogens with zero attached hydrogens (tertiary/aromatic N) is 2. The Labute approximate surface area is 179 Å². The van der Waals surface area contributed by atoms with Crippen molar-refractivity contribution in [3.63, 3.8) is 0 Å². The maximum Gasteiger partial charge on any atom is 0.236 e. The monoisotopic (exact) mass is 452 g/mol. The summed E-state index contributed by atoms with van der Waals surface area (Å²) >= 11 is 0. The lowest BCUT2D eigenvalue weighted by atomic mass is 10.2. The zero-order valence-electron chi connectivity index (χ0n) is 16.0. The fraction of sp³-hybridized carbons (Fsp3) is 0.611. The number of hydrogen-bond acceptors (Lipinski definition) is 5. The number of sulfonamides is 1. The van der Waals surface area contributed by atoms with Gasteiger partial charge in [0.1, 0.15) is 5.75 Å². The molecule has 2 fully saturated rings. The smallest absolute Gasteiger partial charge is 0.236 e. The van der Waals surface area contributed by atoms with Gasteiger partial charge in [-0.2, -0.15) is 4.31 Å². The molecule has 1 unspecified atom stereocenters. The predicted molar refractivity (Wildman–Crippen MR) is 117 cm³/mol. The number of carbonyl (C=O) groups is 1. The lowest BCUT2D eigenvalue weighted by molar-refractivity contribution is -0.118. The van der Waals surface area contributed by atoms with Crippen molar-refractivity contribution in [3.8, 4) is 0 Å². The summed E-state index contributed by atoms with van der Waals surface area (Å²) in [5.74, 6) is -0.502. The Kier molecular flexibility index (Phi) is 9.49. The van der Waals surface area contributed by atoms with Crippen molar-refractivity contribution in [1.29, 1.82) is 0 Å². The summed E-state index contributed by atoms with van der Waals surface area (Å²) in [6.07, 6.45) is 2.20. The van der Waals surface area contributed by atoms with E-state index >= 15 is 0 Å². The second kappa shape index (κ2) is 10.6. The first-order valence-corrected chi connectivity index (χ1v) is 10.8. The zero-order valence-corrected chi connectivity index (χ0v) is 18.5. The maximum absolute atomic E-state index is 12.5. The molecule has 28 heavy (non-hydrogen) atoms. The topological polar surface area (TPSA) is 95.7 Å². The molecule has 1 aliphatic carbocycles. The van der Waals surface area contributed by atoms with Gasteiger partial charge < -0.3 is 16.0 Å². The van der Waals surface area contributed by atoms with Crippen molar-refractivity contribution >= 4 is 46.4 Å². The van der Waals surface area contributed by atoms with Gasteiger partial charge in [-0.05, 0) is 43.4 Å². The van der Waals surface area contributed by atoms with E-state index in [1.54, 1.807) is 0 Å². The number of aryl methyl sites for hydroxylation is 1. The molecule has 1 heterocycles. The number of amides is 1. The fourth-order valence-corrected chi connectivity index (χ4v) is 4.62. The van der Waals surface area contributed by atoms with Crippen LogP contribution in [0.2, 0.25) is 0 Å². The van der Waals surface area contributed by atoms with Crippen LogP contribution in [0.1, 0.15) is 18.4 Å². The van der Waals surface area contributed by atoms with Gasteiger partial charge in [-0.25, -0.2) is 8.42 Å². The summed E-state index contributed by atoms with van der Waals surface area (Å²) in [5.41, 5.74) is 8.22. The van der Waals surface area contributed by atoms with Gasteiger partial charge in [0.05, 0.1) is 0 Å². The minimum Gasteiger partial charge on any atom is -0.369 e. The number of carbonyl (C=O) groups excluding carboxylic acids is 1. The van der Waals surface area contributed by atoms with E-state index < -0.39 is 21.7 Å². The average Bonchev–Trinajstić information content (AvgIpc) is 3.44. The second-order valence-corrected chi connectivity index (χ2v) is 9.26. The molecule has 1 saturated carbocycles. The lowest BCUT2D eigenvalue weighted by Gasteiger charge is -2.35. The Morgan fingerprint density at radius 3 is 2.43 bits per heavy atom. The number of piperazine rings is 1. The van der Waals surface area contributed by atoms with Gasteiger partial charge in [-0.1, -0.05) is 12.1 Å². The molecule has 1 aromatic rings. The molecule has 1 saturated heterocycles. The van der Waals surface area contributed by atoms with Crippen LogP contribution in [0.15, 0.2) is 24.3 Å². The first-order chi connectivity index (χ1) is 12.3. The van der Waals surface area contributed by atoms with Crippen molar-refractivity contribution in [1.82, 2.24) is 9.62 Å². The van der Waals surface area contributed by atoms with E-state index in [0.29, 0.717) is 38.6 Å². The molecule has 0 aromatic heterocycles. The molecule has 1 aromatic carbocycles.